The zero-order chi connectivity index (χ0) is 14.5. The highest BCUT2D eigenvalue weighted by Gasteiger charge is 2.15. The Morgan fingerprint density at radius 3 is 2.95 bits per heavy atom. The summed E-state index contributed by atoms with van der Waals surface area (Å²) in [5.41, 5.74) is 5.92. The Morgan fingerprint density at radius 2 is 2.25 bits per heavy atom. The predicted octanol–water partition coefficient (Wildman–Crippen LogP) is 1.76. The smallest absolute Gasteiger partial charge is 0.329 e. The van der Waals surface area contributed by atoms with Gasteiger partial charge >= 0.3 is 5.69 Å². The molecule has 0 amide bonds. The van der Waals surface area contributed by atoms with Gasteiger partial charge in [-0.15, -0.1) is 0 Å². The first-order chi connectivity index (χ1) is 9.56. The van der Waals surface area contributed by atoms with Gasteiger partial charge in [0.15, 0.2) is 0 Å². The molecule has 7 nitrogen and oxygen atoms in total. The van der Waals surface area contributed by atoms with Crippen LogP contribution in [-0.2, 0) is 6.42 Å². The number of aromatic nitrogens is 2. The Hall–Kier alpha value is -2.77. The average molecular weight is 277 g/mol. The van der Waals surface area contributed by atoms with E-state index in [0.29, 0.717) is 13.0 Å². The highest BCUT2D eigenvalue weighted by atomic mass is 19.1. The van der Waals surface area contributed by atoms with Crippen molar-refractivity contribution >= 4 is 17.5 Å². The van der Waals surface area contributed by atoms with E-state index in [0.717, 1.165) is 11.8 Å². The summed E-state index contributed by atoms with van der Waals surface area (Å²) < 4.78 is 13.0. The van der Waals surface area contributed by atoms with Gasteiger partial charge in [0, 0.05) is 6.54 Å². The van der Waals surface area contributed by atoms with Crippen LogP contribution >= 0.6 is 0 Å². The standard InChI is InChI=1S/C12H12FN5O2/c13-9-3-1-2-8(6-9)4-5-15-11-10(18(19)20)7-16-12(14)17-11/h1-3,6-7H,4-5H2,(H3,14,15,16,17). The van der Waals surface area contributed by atoms with Crippen molar-refractivity contribution in [3.05, 3.63) is 52.0 Å². The Morgan fingerprint density at radius 1 is 1.45 bits per heavy atom. The van der Waals surface area contributed by atoms with Crippen LogP contribution in [0.5, 0.6) is 0 Å². The van der Waals surface area contributed by atoms with Gasteiger partial charge in [-0.3, -0.25) is 10.1 Å². The van der Waals surface area contributed by atoms with Gasteiger partial charge in [0.2, 0.25) is 11.8 Å². The SMILES string of the molecule is Nc1ncc([N+](=O)[O-])c(NCCc2cccc(F)c2)n1. The Balaban J connectivity index is 2.04. The van der Waals surface area contributed by atoms with E-state index < -0.39 is 4.92 Å². The molecule has 1 aromatic carbocycles. The molecule has 20 heavy (non-hydrogen) atoms. The molecule has 0 saturated heterocycles. The number of nitrogen functional groups attached to an aromatic ring is 1. The fraction of sp³-hybridized carbons (Fsp3) is 0.167. The van der Waals surface area contributed by atoms with Crippen LogP contribution < -0.4 is 11.1 Å². The monoisotopic (exact) mass is 277 g/mol. The first kappa shape index (κ1) is 13.7. The van der Waals surface area contributed by atoms with E-state index in [1.54, 1.807) is 12.1 Å². The minimum Gasteiger partial charge on any atom is -0.368 e. The summed E-state index contributed by atoms with van der Waals surface area (Å²) in [6, 6.07) is 6.14. The molecule has 0 fully saturated rings. The van der Waals surface area contributed by atoms with Gasteiger partial charge in [0.05, 0.1) is 4.92 Å². The molecular formula is C12H12FN5O2. The number of nitrogens with two attached hydrogens (primary N) is 1. The van der Waals surface area contributed by atoms with Crippen molar-refractivity contribution in [1.29, 1.82) is 0 Å². The number of nitrogens with one attached hydrogen (secondary N) is 1. The molecule has 0 bridgehead atoms. The van der Waals surface area contributed by atoms with Gasteiger partial charge in [-0.1, -0.05) is 12.1 Å². The fourth-order valence-corrected chi connectivity index (χ4v) is 1.67. The van der Waals surface area contributed by atoms with Crippen LogP contribution in [0.1, 0.15) is 5.56 Å². The quantitative estimate of drug-likeness (QED) is 0.637. The third-order valence-corrected chi connectivity index (χ3v) is 2.58. The van der Waals surface area contributed by atoms with E-state index in [4.69, 9.17) is 5.73 Å². The second kappa shape index (κ2) is 5.91. The topological polar surface area (TPSA) is 107 Å². The molecule has 0 aliphatic heterocycles. The predicted molar refractivity (Wildman–Crippen MR) is 71.7 cm³/mol. The second-order valence-electron chi connectivity index (χ2n) is 4.03. The van der Waals surface area contributed by atoms with Crippen molar-refractivity contribution in [3.8, 4) is 0 Å². The van der Waals surface area contributed by atoms with E-state index in [9.17, 15) is 14.5 Å². The van der Waals surface area contributed by atoms with E-state index in [1.807, 2.05) is 0 Å². The second-order valence-corrected chi connectivity index (χ2v) is 4.03. The van der Waals surface area contributed by atoms with Crippen molar-refractivity contribution in [2.75, 3.05) is 17.6 Å². The number of nitrogens with zero attached hydrogens (tertiary/aromatic N) is 3. The Bertz CT molecular complexity index is 635. The Kier molecular flexibility index (Phi) is 4.04. The third-order valence-electron chi connectivity index (χ3n) is 2.58. The van der Waals surface area contributed by atoms with Gasteiger partial charge in [0.25, 0.3) is 0 Å². The van der Waals surface area contributed by atoms with E-state index in [1.165, 1.54) is 12.1 Å². The minimum absolute atomic E-state index is 0.0520. The first-order valence-electron chi connectivity index (χ1n) is 5.81. The molecule has 0 saturated carbocycles. The van der Waals surface area contributed by atoms with Crippen LogP contribution in [-0.4, -0.2) is 21.4 Å². The number of nitro groups is 1. The van der Waals surface area contributed by atoms with Crippen LogP contribution in [0.3, 0.4) is 0 Å². The number of anilines is 2. The van der Waals surface area contributed by atoms with Gasteiger partial charge in [-0.2, -0.15) is 4.98 Å². The summed E-state index contributed by atoms with van der Waals surface area (Å²) in [5, 5.41) is 13.6. The molecule has 0 spiro atoms. The summed E-state index contributed by atoms with van der Waals surface area (Å²) in [4.78, 5) is 17.6. The lowest BCUT2D eigenvalue weighted by molar-refractivity contribution is -0.384. The minimum atomic E-state index is -0.593. The number of hydrogen-bond donors (Lipinski definition) is 2. The molecule has 1 aromatic heterocycles. The molecule has 1 heterocycles. The summed E-state index contributed by atoms with van der Waals surface area (Å²) in [6.07, 6.45) is 1.55. The summed E-state index contributed by atoms with van der Waals surface area (Å²) in [7, 11) is 0. The summed E-state index contributed by atoms with van der Waals surface area (Å²) >= 11 is 0. The van der Waals surface area contributed by atoms with Crippen LogP contribution in [0.15, 0.2) is 30.5 Å². The molecule has 0 unspecified atom stereocenters. The summed E-state index contributed by atoms with van der Waals surface area (Å²) in [6.45, 7) is 0.362. The molecule has 3 N–H and O–H groups in total. The third kappa shape index (κ3) is 3.37. The van der Waals surface area contributed by atoms with Crippen molar-refractivity contribution in [2.24, 2.45) is 0 Å². The van der Waals surface area contributed by atoms with Gasteiger partial charge in [-0.25, -0.2) is 9.37 Å². The molecule has 8 heteroatoms. The van der Waals surface area contributed by atoms with Gasteiger partial charge in [0.1, 0.15) is 12.0 Å². The molecule has 0 atom stereocenters. The van der Waals surface area contributed by atoms with Crippen molar-refractivity contribution in [2.45, 2.75) is 6.42 Å². The molecular weight excluding hydrogens is 265 g/mol. The number of benzene rings is 1. The molecule has 0 radical (unpaired) electrons. The lowest BCUT2D eigenvalue weighted by Gasteiger charge is -2.06. The summed E-state index contributed by atoms with van der Waals surface area (Å²) in [5.74, 6) is -0.317. The molecule has 0 aliphatic rings. The largest absolute Gasteiger partial charge is 0.368 e. The molecule has 104 valence electrons. The highest BCUT2D eigenvalue weighted by molar-refractivity contribution is 5.56. The lowest BCUT2D eigenvalue weighted by Crippen LogP contribution is -2.10. The van der Waals surface area contributed by atoms with Crippen LogP contribution in [0.2, 0.25) is 0 Å². The maximum atomic E-state index is 13.0. The van der Waals surface area contributed by atoms with Crippen molar-refractivity contribution in [1.82, 2.24) is 9.97 Å². The van der Waals surface area contributed by atoms with Crippen molar-refractivity contribution < 1.29 is 9.31 Å². The van der Waals surface area contributed by atoms with Crippen molar-refractivity contribution in [3.63, 3.8) is 0 Å². The lowest BCUT2D eigenvalue weighted by atomic mass is 10.1. The Labute approximate surface area is 113 Å². The number of halogens is 1. The van der Waals surface area contributed by atoms with Crippen LogP contribution in [0.25, 0.3) is 0 Å². The first-order valence-corrected chi connectivity index (χ1v) is 5.81. The zero-order valence-electron chi connectivity index (χ0n) is 10.4. The molecule has 0 aliphatic carbocycles. The van der Waals surface area contributed by atoms with Gasteiger partial charge < -0.3 is 11.1 Å². The number of rotatable bonds is 5. The van der Waals surface area contributed by atoms with Crippen LogP contribution in [0.4, 0.5) is 21.8 Å². The molecule has 2 aromatic rings. The van der Waals surface area contributed by atoms with E-state index >= 15 is 0 Å². The highest BCUT2D eigenvalue weighted by Crippen LogP contribution is 2.20. The maximum Gasteiger partial charge on any atom is 0.329 e. The van der Waals surface area contributed by atoms with E-state index in [-0.39, 0.29) is 23.3 Å². The normalized spacial score (nSPS) is 10.2. The number of hydrogen-bond acceptors (Lipinski definition) is 6. The molecule has 2 rings (SSSR count). The zero-order valence-corrected chi connectivity index (χ0v) is 10.4. The van der Waals surface area contributed by atoms with Crippen LogP contribution in [0, 0.1) is 15.9 Å². The van der Waals surface area contributed by atoms with Gasteiger partial charge in [-0.05, 0) is 24.1 Å². The fourth-order valence-electron chi connectivity index (χ4n) is 1.67. The average Bonchev–Trinajstić information content (AvgIpc) is 2.38. The van der Waals surface area contributed by atoms with E-state index in [2.05, 4.69) is 15.3 Å². The maximum absolute atomic E-state index is 13.0.